The number of nitrogens with two attached hydrogens (primary N) is 1. The van der Waals surface area contributed by atoms with E-state index in [1.165, 1.54) is 5.56 Å². The molecule has 5 rings (SSSR count). The molecule has 1 saturated heterocycles. The molecule has 4 amide bonds. The van der Waals surface area contributed by atoms with Gasteiger partial charge in [0.2, 0.25) is 11.8 Å². The van der Waals surface area contributed by atoms with Crippen LogP contribution in [0.4, 0.5) is 5.69 Å². The summed E-state index contributed by atoms with van der Waals surface area (Å²) in [6, 6.07) is 10.5. The van der Waals surface area contributed by atoms with E-state index in [4.69, 9.17) is 5.73 Å². The zero-order chi connectivity index (χ0) is 21.7. The molecule has 3 aliphatic heterocycles. The Bertz CT molecular complexity index is 1140. The van der Waals surface area contributed by atoms with E-state index in [0.29, 0.717) is 24.2 Å². The molecular weight excluding hydrogens is 396 g/mol. The minimum Gasteiger partial charge on any atom is -0.367 e. The first-order chi connectivity index (χ1) is 15.0. The van der Waals surface area contributed by atoms with Crippen molar-refractivity contribution in [3.63, 3.8) is 0 Å². The van der Waals surface area contributed by atoms with Gasteiger partial charge in [-0.2, -0.15) is 0 Å². The van der Waals surface area contributed by atoms with Gasteiger partial charge >= 0.3 is 0 Å². The third-order valence-electron chi connectivity index (χ3n) is 6.29. The quantitative estimate of drug-likeness (QED) is 0.720. The van der Waals surface area contributed by atoms with Crippen LogP contribution in [0.25, 0.3) is 0 Å². The fourth-order valence-electron chi connectivity index (χ4n) is 4.70. The summed E-state index contributed by atoms with van der Waals surface area (Å²) in [6.07, 6.45) is 1.15. The lowest BCUT2D eigenvalue weighted by atomic mass is 10.0. The Kier molecular flexibility index (Phi) is 4.59. The second kappa shape index (κ2) is 7.31. The number of imide groups is 2. The van der Waals surface area contributed by atoms with Crippen molar-refractivity contribution in [1.29, 1.82) is 0 Å². The second-order valence-corrected chi connectivity index (χ2v) is 8.13. The highest BCUT2D eigenvalue weighted by molar-refractivity contribution is 6.24. The standard InChI is InChI=1S/C23H22N4O4/c24-11-13-4-5-14-8-9-26(18(14)10-13)12-15-2-1-3-16-20(15)23(31)27(22(16)30)17-6-7-19(28)25-21(17)29/h1-5,10,17H,6-9,11-12,24H2,(H,25,28,29). The van der Waals surface area contributed by atoms with Crippen LogP contribution in [0.15, 0.2) is 36.4 Å². The number of hydrogen-bond acceptors (Lipinski definition) is 6. The lowest BCUT2D eigenvalue weighted by Crippen LogP contribution is -2.54. The predicted octanol–water partition coefficient (Wildman–Crippen LogP) is 1.11. The third-order valence-corrected chi connectivity index (χ3v) is 6.29. The van der Waals surface area contributed by atoms with Crippen LogP contribution in [0.2, 0.25) is 0 Å². The van der Waals surface area contributed by atoms with Crippen LogP contribution < -0.4 is 16.0 Å². The van der Waals surface area contributed by atoms with Crippen molar-refractivity contribution < 1.29 is 19.2 Å². The van der Waals surface area contributed by atoms with E-state index in [9.17, 15) is 19.2 Å². The molecular formula is C23H22N4O4. The van der Waals surface area contributed by atoms with E-state index in [2.05, 4.69) is 22.3 Å². The van der Waals surface area contributed by atoms with Gasteiger partial charge in [0.15, 0.2) is 0 Å². The molecule has 3 aliphatic rings. The zero-order valence-electron chi connectivity index (χ0n) is 16.9. The van der Waals surface area contributed by atoms with Gasteiger partial charge in [-0.25, -0.2) is 0 Å². The first-order valence-electron chi connectivity index (χ1n) is 10.4. The van der Waals surface area contributed by atoms with Gasteiger partial charge in [-0.1, -0.05) is 24.3 Å². The van der Waals surface area contributed by atoms with E-state index >= 15 is 0 Å². The van der Waals surface area contributed by atoms with Crippen molar-refractivity contribution >= 4 is 29.3 Å². The Morgan fingerprint density at radius 3 is 2.65 bits per heavy atom. The molecule has 2 aromatic carbocycles. The fourth-order valence-corrected chi connectivity index (χ4v) is 4.70. The third kappa shape index (κ3) is 3.11. The van der Waals surface area contributed by atoms with Crippen molar-refractivity contribution in [3.05, 3.63) is 64.2 Å². The number of fused-ring (bicyclic) bond motifs is 2. The summed E-state index contributed by atoms with van der Waals surface area (Å²) in [5.74, 6) is -1.94. The highest BCUT2D eigenvalue weighted by Crippen LogP contribution is 2.34. The molecule has 1 unspecified atom stereocenters. The summed E-state index contributed by atoms with van der Waals surface area (Å²) in [5, 5.41) is 2.23. The molecule has 0 bridgehead atoms. The molecule has 0 spiro atoms. The van der Waals surface area contributed by atoms with Gasteiger partial charge in [-0.3, -0.25) is 29.4 Å². The molecule has 0 aromatic heterocycles. The zero-order valence-corrected chi connectivity index (χ0v) is 16.9. The van der Waals surface area contributed by atoms with Crippen LogP contribution >= 0.6 is 0 Å². The molecule has 0 radical (unpaired) electrons. The highest BCUT2D eigenvalue weighted by atomic mass is 16.2. The maximum Gasteiger partial charge on any atom is 0.262 e. The first kappa shape index (κ1) is 19.4. The number of hydrogen-bond donors (Lipinski definition) is 2. The van der Waals surface area contributed by atoms with Gasteiger partial charge in [0, 0.05) is 31.7 Å². The van der Waals surface area contributed by atoms with Gasteiger partial charge in [0.25, 0.3) is 11.8 Å². The minimum atomic E-state index is -0.961. The maximum atomic E-state index is 13.3. The second-order valence-electron chi connectivity index (χ2n) is 8.13. The molecule has 3 N–H and O–H groups in total. The largest absolute Gasteiger partial charge is 0.367 e. The number of nitrogens with one attached hydrogen (secondary N) is 1. The smallest absolute Gasteiger partial charge is 0.262 e. The molecule has 0 saturated carbocycles. The summed E-state index contributed by atoms with van der Waals surface area (Å²) in [5.41, 5.74) is 10.6. The van der Waals surface area contributed by atoms with Gasteiger partial charge in [0.1, 0.15) is 6.04 Å². The number of anilines is 1. The molecule has 8 nitrogen and oxygen atoms in total. The van der Waals surface area contributed by atoms with Crippen LogP contribution in [0, 0.1) is 0 Å². The summed E-state index contributed by atoms with van der Waals surface area (Å²) in [6.45, 7) is 1.74. The molecule has 8 heteroatoms. The molecule has 3 heterocycles. The molecule has 31 heavy (non-hydrogen) atoms. The van der Waals surface area contributed by atoms with Gasteiger partial charge < -0.3 is 10.6 Å². The average Bonchev–Trinajstić information content (AvgIpc) is 3.27. The Labute approximate surface area is 179 Å². The molecule has 158 valence electrons. The number of benzene rings is 2. The molecule has 1 fully saturated rings. The molecule has 0 aliphatic carbocycles. The summed E-state index contributed by atoms with van der Waals surface area (Å²) in [7, 11) is 0. The average molecular weight is 418 g/mol. The number of rotatable bonds is 4. The predicted molar refractivity (Wildman–Crippen MR) is 112 cm³/mol. The number of nitrogens with zero attached hydrogens (tertiary/aromatic N) is 2. The lowest BCUT2D eigenvalue weighted by molar-refractivity contribution is -0.136. The van der Waals surface area contributed by atoms with Gasteiger partial charge in [-0.05, 0) is 41.7 Å². The minimum absolute atomic E-state index is 0.102. The highest BCUT2D eigenvalue weighted by Gasteiger charge is 2.45. The van der Waals surface area contributed by atoms with Crippen LogP contribution in [-0.4, -0.2) is 41.1 Å². The van der Waals surface area contributed by atoms with E-state index < -0.39 is 23.8 Å². The molecule has 1 atom stereocenters. The van der Waals surface area contributed by atoms with E-state index in [-0.39, 0.29) is 18.7 Å². The summed E-state index contributed by atoms with van der Waals surface area (Å²) >= 11 is 0. The maximum absolute atomic E-state index is 13.3. The van der Waals surface area contributed by atoms with Gasteiger partial charge in [-0.15, -0.1) is 0 Å². The molecule has 2 aromatic rings. The Hall–Kier alpha value is -3.52. The van der Waals surface area contributed by atoms with E-state index in [0.717, 1.165) is 34.7 Å². The van der Waals surface area contributed by atoms with Crippen LogP contribution in [-0.2, 0) is 29.1 Å². The van der Waals surface area contributed by atoms with Gasteiger partial charge in [0.05, 0.1) is 11.1 Å². The van der Waals surface area contributed by atoms with Crippen molar-refractivity contribution in [2.24, 2.45) is 5.73 Å². The Morgan fingerprint density at radius 1 is 1.03 bits per heavy atom. The van der Waals surface area contributed by atoms with Crippen LogP contribution in [0.3, 0.4) is 0 Å². The monoisotopic (exact) mass is 418 g/mol. The summed E-state index contributed by atoms with van der Waals surface area (Å²) in [4.78, 5) is 53.3. The van der Waals surface area contributed by atoms with Crippen LogP contribution in [0.1, 0.15) is 50.2 Å². The first-order valence-corrected chi connectivity index (χ1v) is 10.4. The SMILES string of the molecule is NCc1ccc2c(c1)N(Cc1cccc3c1C(=O)N(C1CCC(=O)NC1=O)C3=O)CC2. The number of carbonyl (C=O) groups is 4. The van der Waals surface area contributed by atoms with Crippen molar-refractivity contribution in [2.75, 3.05) is 11.4 Å². The normalized spacial score (nSPS) is 20.2. The van der Waals surface area contributed by atoms with Crippen LogP contribution in [0.5, 0.6) is 0 Å². The Balaban J connectivity index is 1.46. The van der Waals surface area contributed by atoms with Crippen molar-refractivity contribution in [1.82, 2.24) is 10.2 Å². The topological polar surface area (TPSA) is 113 Å². The summed E-state index contributed by atoms with van der Waals surface area (Å²) < 4.78 is 0. The van der Waals surface area contributed by atoms with Crippen molar-refractivity contribution in [3.8, 4) is 0 Å². The van der Waals surface area contributed by atoms with E-state index in [1.807, 2.05) is 12.1 Å². The fraction of sp³-hybridized carbons (Fsp3) is 0.304. The number of carbonyl (C=O) groups excluding carboxylic acids is 4. The number of amides is 4. The van der Waals surface area contributed by atoms with E-state index in [1.54, 1.807) is 12.1 Å². The lowest BCUT2D eigenvalue weighted by Gasteiger charge is -2.28. The Morgan fingerprint density at radius 2 is 1.87 bits per heavy atom. The number of piperidine rings is 1. The van der Waals surface area contributed by atoms with Crippen molar-refractivity contribution in [2.45, 2.75) is 38.4 Å².